The SMILES string of the molecule is CCOc1ccc2nc(NC(=O)C3CCN(S(=O)(=O)c4ccc5c(c4)C[C@@H](C)N5C(=O)C4CC4)CC3)sc2c1. The number of sulfonamides is 1. The molecule has 9 nitrogen and oxygen atoms in total. The Morgan fingerprint density at radius 1 is 1.08 bits per heavy atom. The normalized spacial score (nSPS) is 20.3. The minimum atomic E-state index is -3.70. The van der Waals surface area contributed by atoms with Crippen molar-refractivity contribution >= 4 is 54.2 Å². The number of nitrogens with zero attached hydrogens (tertiary/aromatic N) is 3. The van der Waals surface area contributed by atoms with Gasteiger partial charge in [0.15, 0.2) is 5.13 Å². The fourth-order valence-corrected chi connectivity index (χ4v) is 7.98. The molecule has 1 saturated carbocycles. The second-order valence-electron chi connectivity index (χ2n) is 10.6. The van der Waals surface area contributed by atoms with Crippen LogP contribution in [0.25, 0.3) is 10.2 Å². The average Bonchev–Trinajstić information content (AvgIpc) is 3.62. The van der Waals surface area contributed by atoms with Crippen molar-refractivity contribution in [2.24, 2.45) is 11.8 Å². The van der Waals surface area contributed by atoms with Crippen LogP contribution in [0, 0.1) is 11.8 Å². The summed E-state index contributed by atoms with van der Waals surface area (Å²) in [5.41, 5.74) is 2.53. The maximum absolute atomic E-state index is 13.5. The van der Waals surface area contributed by atoms with Crippen LogP contribution >= 0.6 is 11.3 Å². The third kappa shape index (κ3) is 5.03. The van der Waals surface area contributed by atoms with Gasteiger partial charge in [0.1, 0.15) is 5.75 Å². The van der Waals surface area contributed by atoms with Crippen LogP contribution in [-0.4, -0.2) is 55.3 Å². The Hall–Kier alpha value is -3.02. The monoisotopic (exact) mass is 568 g/mol. The number of amides is 2. The number of rotatable bonds is 7. The first-order valence-electron chi connectivity index (χ1n) is 13.5. The first kappa shape index (κ1) is 26.2. The second kappa shape index (κ2) is 10.2. The molecule has 206 valence electrons. The number of hydrogen-bond donors (Lipinski definition) is 1. The Kier molecular flexibility index (Phi) is 6.84. The highest BCUT2D eigenvalue weighted by molar-refractivity contribution is 7.89. The van der Waals surface area contributed by atoms with E-state index < -0.39 is 10.0 Å². The second-order valence-corrected chi connectivity index (χ2v) is 13.5. The van der Waals surface area contributed by atoms with Gasteiger partial charge in [0, 0.05) is 36.7 Å². The highest BCUT2D eigenvalue weighted by Crippen LogP contribution is 2.40. The lowest BCUT2D eigenvalue weighted by Crippen LogP contribution is -2.41. The Labute approximate surface area is 232 Å². The summed E-state index contributed by atoms with van der Waals surface area (Å²) in [6.07, 6.45) is 3.41. The number of benzene rings is 2. The first-order valence-corrected chi connectivity index (χ1v) is 15.8. The van der Waals surface area contributed by atoms with Gasteiger partial charge in [0.2, 0.25) is 21.8 Å². The Morgan fingerprint density at radius 3 is 2.56 bits per heavy atom. The molecule has 2 amide bonds. The number of anilines is 2. The zero-order valence-corrected chi connectivity index (χ0v) is 23.7. The molecular formula is C28H32N4O5S2. The van der Waals surface area contributed by atoms with Crippen molar-refractivity contribution in [2.45, 2.75) is 56.9 Å². The summed E-state index contributed by atoms with van der Waals surface area (Å²) >= 11 is 1.39. The highest BCUT2D eigenvalue weighted by atomic mass is 32.2. The Bertz CT molecular complexity index is 1540. The number of carbonyl (C=O) groups excluding carboxylic acids is 2. The van der Waals surface area contributed by atoms with Gasteiger partial charge in [-0.3, -0.25) is 9.59 Å². The standard InChI is InChI=1S/C28H32N4O5S2/c1-3-37-21-6-8-23-25(16-21)38-28(29-23)30-26(33)18-10-12-31(13-11-18)39(35,36)22-7-9-24-20(15-22)14-17(2)32(24)27(34)19-4-5-19/h6-9,15-19H,3-5,10-14H2,1-2H3,(H,29,30,33)/t17-/m1/s1. The molecule has 0 bridgehead atoms. The van der Waals surface area contributed by atoms with Crippen LogP contribution in [0.3, 0.4) is 0 Å². The fourth-order valence-electron chi connectivity index (χ4n) is 5.56. The van der Waals surface area contributed by atoms with Gasteiger partial charge < -0.3 is 15.0 Å². The van der Waals surface area contributed by atoms with Crippen LogP contribution < -0.4 is 15.0 Å². The van der Waals surface area contributed by atoms with Crippen molar-refractivity contribution in [3.63, 3.8) is 0 Å². The molecule has 3 heterocycles. The van der Waals surface area contributed by atoms with E-state index in [0.717, 1.165) is 40.1 Å². The van der Waals surface area contributed by atoms with Crippen molar-refractivity contribution in [3.8, 4) is 5.75 Å². The molecule has 11 heteroatoms. The van der Waals surface area contributed by atoms with E-state index in [9.17, 15) is 18.0 Å². The molecule has 1 saturated heterocycles. The summed E-state index contributed by atoms with van der Waals surface area (Å²) in [5, 5.41) is 3.45. The van der Waals surface area contributed by atoms with Crippen molar-refractivity contribution < 1.29 is 22.7 Å². The summed E-state index contributed by atoms with van der Waals surface area (Å²) in [7, 11) is -3.70. The van der Waals surface area contributed by atoms with Gasteiger partial charge in [0.25, 0.3) is 0 Å². The quantitative estimate of drug-likeness (QED) is 0.452. The van der Waals surface area contributed by atoms with Crippen LogP contribution in [0.2, 0.25) is 0 Å². The van der Waals surface area contributed by atoms with Crippen molar-refractivity contribution in [3.05, 3.63) is 42.0 Å². The zero-order chi connectivity index (χ0) is 27.3. The maximum Gasteiger partial charge on any atom is 0.243 e. The largest absolute Gasteiger partial charge is 0.494 e. The Morgan fingerprint density at radius 2 is 1.85 bits per heavy atom. The topological polar surface area (TPSA) is 109 Å². The van der Waals surface area contributed by atoms with Gasteiger partial charge >= 0.3 is 0 Å². The van der Waals surface area contributed by atoms with Crippen LogP contribution in [0.5, 0.6) is 5.75 Å². The van der Waals surface area contributed by atoms with E-state index in [-0.39, 0.29) is 47.7 Å². The Balaban J connectivity index is 1.09. The molecule has 0 radical (unpaired) electrons. The lowest BCUT2D eigenvalue weighted by atomic mass is 9.97. The number of ether oxygens (including phenoxy) is 1. The molecule has 1 atom stereocenters. The van der Waals surface area contributed by atoms with Crippen molar-refractivity contribution in [1.82, 2.24) is 9.29 Å². The van der Waals surface area contributed by atoms with E-state index in [1.807, 2.05) is 36.9 Å². The summed E-state index contributed by atoms with van der Waals surface area (Å²) in [6.45, 7) is 5.07. The maximum atomic E-state index is 13.5. The molecule has 3 aliphatic rings. The lowest BCUT2D eigenvalue weighted by molar-refractivity contribution is -0.121. The number of piperidine rings is 1. The van der Waals surface area contributed by atoms with Crippen LogP contribution in [0.1, 0.15) is 45.1 Å². The van der Waals surface area contributed by atoms with E-state index >= 15 is 0 Å². The number of fused-ring (bicyclic) bond motifs is 2. The smallest absolute Gasteiger partial charge is 0.243 e. The average molecular weight is 569 g/mol. The van der Waals surface area contributed by atoms with Gasteiger partial charge in [-0.05, 0) is 87.9 Å². The van der Waals surface area contributed by atoms with Crippen LogP contribution in [0.4, 0.5) is 10.8 Å². The molecule has 1 aliphatic carbocycles. The number of carbonyl (C=O) groups is 2. The van der Waals surface area contributed by atoms with Gasteiger partial charge in [-0.15, -0.1) is 0 Å². The summed E-state index contributed by atoms with van der Waals surface area (Å²) in [4.78, 5) is 32.3. The van der Waals surface area contributed by atoms with Crippen molar-refractivity contribution in [2.75, 3.05) is 29.9 Å². The molecule has 2 aliphatic heterocycles. The van der Waals surface area contributed by atoms with Gasteiger partial charge in [0.05, 0.1) is 21.7 Å². The molecule has 1 aromatic heterocycles. The number of nitrogens with one attached hydrogen (secondary N) is 1. The summed E-state index contributed by atoms with van der Waals surface area (Å²) in [5.74, 6) is 0.608. The highest BCUT2D eigenvalue weighted by Gasteiger charge is 2.40. The molecule has 3 aromatic rings. The number of aromatic nitrogens is 1. The molecule has 6 rings (SSSR count). The molecule has 2 aromatic carbocycles. The van der Waals surface area contributed by atoms with E-state index in [2.05, 4.69) is 10.3 Å². The third-order valence-electron chi connectivity index (χ3n) is 7.79. The zero-order valence-electron chi connectivity index (χ0n) is 22.1. The van der Waals surface area contributed by atoms with Crippen LogP contribution in [0.15, 0.2) is 41.3 Å². The predicted molar refractivity (Wildman–Crippen MR) is 151 cm³/mol. The molecule has 0 unspecified atom stereocenters. The summed E-state index contributed by atoms with van der Waals surface area (Å²) in [6, 6.07) is 10.8. The predicted octanol–water partition coefficient (Wildman–Crippen LogP) is 4.42. The fraction of sp³-hybridized carbons (Fsp3) is 0.464. The molecular weight excluding hydrogens is 536 g/mol. The minimum Gasteiger partial charge on any atom is -0.494 e. The third-order valence-corrected chi connectivity index (χ3v) is 10.6. The van der Waals surface area contributed by atoms with E-state index in [4.69, 9.17) is 4.74 Å². The number of hydrogen-bond acceptors (Lipinski definition) is 7. The van der Waals surface area contributed by atoms with Gasteiger partial charge in [-0.25, -0.2) is 13.4 Å². The summed E-state index contributed by atoms with van der Waals surface area (Å²) < 4.78 is 34.9. The lowest BCUT2D eigenvalue weighted by Gasteiger charge is -2.30. The molecule has 0 spiro atoms. The molecule has 2 fully saturated rings. The van der Waals surface area contributed by atoms with Gasteiger partial charge in [-0.1, -0.05) is 11.3 Å². The van der Waals surface area contributed by atoms with E-state index in [1.165, 1.54) is 15.6 Å². The van der Waals surface area contributed by atoms with E-state index in [0.29, 0.717) is 31.0 Å². The first-order chi connectivity index (χ1) is 18.7. The number of thiazole rings is 1. The molecule has 1 N–H and O–H groups in total. The van der Waals surface area contributed by atoms with Crippen LogP contribution in [-0.2, 0) is 26.0 Å². The minimum absolute atomic E-state index is 0.0301. The van der Waals surface area contributed by atoms with E-state index in [1.54, 1.807) is 18.2 Å². The molecule has 39 heavy (non-hydrogen) atoms. The van der Waals surface area contributed by atoms with Crippen molar-refractivity contribution in [1.29, 1.82) is 0 Å². The van der Waals surface area contributed by atoms with Gasteiger partial charge in [-0.2, -0.15) is 4.31 Å².